The maximum Gasteiger partial charge on any atom is 0.407 e. The van der Waals surface area contributed by atoms with Gasteiger partial charge in [0.2, 0.25) is 0 Å². The van der Waals surface area contributed by atoms with Crippen molar-refractivity contribution in [3.8, 4) is 0 Å². The number of alkyl carbamates (subject to hydrolysis) is 1. The van der Waals surface area contributed by atoms with Crippen LogP contribution in [0.4, 0.5) is 4.79 Å². The zero-order chi connectivity index (χ0) is 14.3. The highest BCUT2D eigenvalue weighted by Crippen LogP contribution is 2.37. The van der Waals surface area contributed by atoms with Crippen LogP contribution in [-0.4, -0.2) is 12.7 Å². The second-order valence-electron chi connectivity index (χ2n) is 7.01. The van der Waals surface area contributed by atoms with Crippen molar-refractivity contribution in [3.63, 3.8) is 0 Å². The zero-order valence-corrected chi connectivity index (χ0v) is 13.6. The fourth-order valence-corrected chi connectivity index (χ4v) is 2.40. The predicted molar refractivity (Wildman–Crippen MR) is 83.4 cm³/mol. The summed E-state index contributed by atoms with van der Waals surface area (Å²) in [5, 5.41) is 2.92. The molecule has 1 aromatic carbocycles. The lowest BCUT2D eigenvalue weighted by molar-refractivity contribution is 0.0387. The second-order valence-corrected chi connectivity index (χ2v) is 7.01. The standard InChI is InChI=1S/C16H23NO2.ClH/c1-15(2,3)12-8-6-11(7-9-12)13-16(4,5)10-19-14(18)17-13;/h6-9,13H,10H2,1-5H3,(H,17,18);1H/t13-;/m1./s1. The Kier molecular flexibility index (Phi) is 4.75. The van der Waals surface area contributed by atoms with Gasteiger partial charge in [0.05, 0.1) is 6.04 Å². The van der Waals surface area contributed by atoms with Gasteiger partial charge in [-0.1, -0.05) is 58.9 Å². The summed E-state index contributed by atoms with van der Waals surface area (Å²) in [4.78, 5) is 11.4. The minimum absolute atomic E-state index is 0. The summed E-state index contributed by atoms with van der Waals surface area (Å²) in [6.45, 7) is 11.3. The molecule has 1 N–H and O–H groups in total. The molecule has 1 atom stereocenters. The van der Waals surface area contributed by atoms with Crippen LogP contribution in [0.5, 0.6) is 0 Å². The molecule has 1 amide bonds. The fraction of sp³-hybridized carbons (Fsp3) is 0.562. The van der Waals surface area contributed by atoms with Crippen LogP contribution in [0.1, 0.15) is 51.8 Å². The molecule has 0 bridgehead atoms. The highest BCUT2D eigenvalue weighted by Gasteiger charge is 2.37. The number of rotatable bonds is 1. The van der Waals surface area contributed by atoms with Gasteiger partial charge in [-0.2, -0.15) is 0 Å². The average Bonchev–Trinajstić information content (AvgIpc) is 2.31. The van der Waals surface area contributed by atoms with Gasteiger partial charge in [-0.25, -0.2) is 4.79 Å². The molecule has 0 aromatic heterocycles. The van der Waals surface area contributed by atoms with E-state index in [2.05, 4.69) is 64.2 Å². The van der Waals surface area contributed by atoms with E-state index in [0.29, 0.717) is 6.61 Å². The van der Waals surface area contributed by atoms with Crippen molar-refractivity contribution in [2.45, 2.75) is 46.1 Å². The lowest BCUT2D eigenvalue weighted by Crippen LogP contribution is -2.46. The Labute approximate surface area is 127 Å². The summed E-state index contributed by atoms with van der Waals surface area (Å²) in [6, 6.07) is 8.51. The summed E-state index contributed by atoms with van der Waals surface area (Å²) < 4.78 is 5.07. The Morgan fingerprint density at radius 3 is 2.25 bits per heavy atom. The molecule has 0 spiro atoms. The number of amides is 1. The summed E-state index contributed by atoms with van der Waals surface area (Å²) in [5.74, 6) is 0. The molecule has 0 aliphatic carbocycles. The van der Waals surface area contributed by atoms with Crippen LogP contribution >= 0.6 is 12.4 Å². The number of halogens is 1. The van der Waals surface area contributed by atoms with Gasteiger partial charge in [0, 0.05) is 5.41 Å². The maximum absolute atomic E-state index is 11.4. The molecule has 2 rings (SSSR count). The number of carbonyl (C=O) groups excluding carboxylic acids is 1. The number of hydrogen-bond acceptors (Lipinski definition) is 2. The maximum atomic E-state index is 11.4. The number of nitrogens with one attached hydrogen (secondary N) is 1. The first-order valence-corrected chi connectivity index (χ1v) is 6.74. The van der Waals surface area contributed by atoms with Crippen LogP contribution in [0.25, 0.3) is 0 Å². The Morgan fingerprint density at radius 2 is 1.75 bits per heavy atom. The van der Waals surface area contributed by atoms with E-state index in [9.17, 15) is 4.79 Å². The molecular formula is C16H24ClNO2. The lowest BCUT2D eigenvalue weighted by atomic mass is 9.79. The van der Waals surface area contributed by atoms with Crippen LogP contribution in [-0.2, 0) is 10.2 Å². The summed E-state index contributed by atoms with van der Waals surface area (Å²) in [5.41, 5.74) is 2.48. The molecule has 1 aromatic rings. The van der Waals surface area contributed by atoms with Gasteiger partial charge in [-0.3, -0.25) is 0 Å². The van der Waals surface area contributed by atoms with E-state index in [1.54, 1.807) is 0 Å². The minimum Gasteiger partial charge on any atom is -0.449 e. The van der Waals surface area contributed by atoms with E-state index in [1.165, 1.54) is 5.56 Å². The third-order valence-corrected chi connectivity index (χ3v) is 3.73. The smallest absolute Gasteiger partial charge is 0.407 e. The highest BCUT2D eigenvalue weighted by molar-refractivity contribution is 5.85. The van der Waals surface area contributed by atoms with Crippen molar-refractivity contribution in [1.82, 2.24) is 5.32 Å². The van der Waals surface area contributed by atoms with Gasteiger partial charge in [-0.15, -0.1) is 12.4 Å². The number of benzene rings is 1. The molecule has 0 radical (unpaired) electrons. The average molecular weight is 298 g/mol. The van der Waals surface area contributed by atoms with Gasteiger partial charge in [-0.05, 0) is 16.5 Å². The third-order valence-electron chi connectivity index (χ3n) is 3.73. The normalized spacial score (nSPS) is 21.4. The predicted octanol–water partition coefficient (Wildman–Crippen LogP) is 4.21. The molecule has 1 heterocycles. The molecular weight excluding hydrogens is 274 g/mol. The van der Waals surface area contributed by atoms with Gasteiger partial charge in [0.25, 0.3) is 0 Å². The topological polar surface area (TPSA) is 38.3 Å². The fourth-order valence-electron chi connectivity index (χ4n) is 2.40. The van der Waals surface area contributed by atoms with Crippen molar-refractivity contribution >= 4 is 18.5 Å². The van der Waals surface area contributed by atoms with Crippen molar-refractivity contribution in [2.75, 3.05) is 6.61 Å². The van der Waals surface area contributed by atoms with Crippen LogP contribution in [0.15, 0.2) is 24.3 Å². The summed E-state index contributed by atoms with van der Waals surface area (Å²) in [7, 11) is 0. The minimum atomic E-state index is -0.329. The third kappa shape index (κ3) is 3.45. The second kappa shape index (κ2) is 5.65. The molecule has 1 aliphatic rings. The Balaban J connectivity index is 0.00000200. The molecule has 3 nitrogen and oxygen atoms in total. The molecule has 0 unspecified atom stereocenters. The van der Waals surface area contributed by atoms with Gasteiger partial charge in [0.15, 0.2) is 0 Å². The van der Waals surface area contributed by atoms with Gasteiger partial charge < -0.3 is 10.1 Å². The first-order chi connectivity index (χ1) is 8.70. The molecule has 1 saturated heterocycles. The lowest BCUT2D eigenvalue weighted by Gasteiger charge is -2.38. The van der Waals surface area contributed by atoms with Crippen LogP contribution in [0, 0.1) is 5.41 Å². The van der Waals surface area contributed by atoms with E-state index >= 15 is 0 Å². The van der Waals surface area contributed by atoms with Crippen molar-refractivity contribution in [1.29, 1.82) is 0 Å². The first-order valence-electron chi connectivity index (χ1n) is 6.74. The van der Waals surface area contributed by atoms with Gasteiger partial charge in [0.1, 0.15) is 6.61 Å². The molecule has 4 heteroatoms. The Morgan fingerprint density at radius 1 is 1.20 bits per heavy atom. The van der Waals surface area contributed by atoms with E-state index < -0.39 is 0 Å². The zero-order valence-electron chi connectivity index (χ0n) is 12.8. The first kappa shape index (κ1) is 16.8. The van der Waals surface area contributed by atoms with Crippen LogP contribution in [0.3, 0.4) is 0 Å². The van der Waals surface area contributed by atoms with E-state index in [-0.39, 0.29) is 35.4 Å². The van der Waals surface area contributed by atoms with Crippen molar-refractivity contribution in [2.24, 2.45) is 5.41 Å². The molecule has 1 fully saturated rings. The van der Waals surface area contributed by atoms with Crippen LogP contribution in [0.2, 0.25) is 0 Å². The van der Waals surface area contributed by atoms with E-state index in [1.807, 2.05) is 0 Å². The van der Waals surface area contributed by atoms with Crippen LogP contribution < -0.4 is 5.32 Å². The van der Waals surface area contributed by atoms with Gasteiger partial charge >= 0.3 is 6.09 Å². The quantitative estimate of drug-likeness (QED) is 0.843. The molecule has 1 aliphatic heterocycles. The molecule has 20 heavy (non-hydrogen) atoms. The van der Waals surface area contributed by atoms with E-state index in [4.69, 9.17) is 4.74 Å². The number of hydrogen-bond donors (Lipinski definition) is 1. The molecule has 112 valence electrons. The number of ether oxygens (including phenoxy) is 1. The summed E-state index contributed by atoms with van der Waals surface area (Å²) >= 11 is 0. The number of cyclic esters (lactones) is 1. The number of carbonyl (C=O) groups is 1. The SMILES string of the molecule is CC(C)(C)c1ccc([C@H]2NC(=O)OCC2(C)C)cc1.Cl. The largest absolute Gasteiger partial charge is 0.449 e. The highest BCUT2D eigenvalue weighted by atomic mass is 35.5. The Hall–Kier alpha value is -1.22. The van der Waals surface area contributed by atoms with Crippen molar-refractivity contribution in [3.05, 3.63) is 35.4 Å². The summed E-state index contributed by atoms with van der Waals surface area (Å²) in [6.07, 6.45) is -0.329. The Bertz CT molecular complexity index is 474. The monoisotopic (exact) mass is 297 g/mol. The van der Waals surface area contributed by atoms with Crippen molar-refractivity contribution < 1.29 is 9.53 Å². The molecule has 0 saturated carbocycles. The van der Waals surface area contributed by atoms with E-state index in [0.717, 1.165) is 5.56 Å².